The first-order valence-electron chi connectivity index (χ1n) is 11.2. The number of carbonyl (C=O) groups excluding carboxylic acids is 2. The van der Waals surface area contributed by atoms with Gasteiger partial charge in [0.15, 0.2) is 5.60 Å². The Balaban J connectivity index is 1.17. The molecule has 1 atom stereocenters. The monoisotopic (exact) mass is 468 g/mol. The van der Waals surface area contributed by atoms with E-state index >= 15 is 0 Å². The number of benzene rings is 2. The highest BCUT2D eigenvalue weighted by atomic mass is 16.5. The first kappa shape index (κ1) is 23.7. The minimum absolute atomic E-state index is 0.0149. The molecule has 1 saturated heterocycles. The van der Waals surface area contributed by atoms with Crippen LogP contribution in [-0.4, -0.2) is 80.1 Å². The van der Waals surface area contributed by atoms with Crippen molar-refractivity contribution < 1.29 is 33.7 Å². The lowest BCUT2D eigenvalue weighted by Gasteiger charge is -2.23. The molecule has 2 aliphatic rings. The molecule has 1 fully saturated rings. The molecular weight excluding hydrogens is 440 g/mol. The van der Waals surface area contributed by atoms with Crippen LogP contribution in [0.1, 0.15) is 23.5 Å². The number of nitrogens with one attached hydrogen (secondary N) is 1. The van der Waals surface area contributed by atoms with Gasteiger partial charge in [0.25, 0.3) is 0 Å². The third-order valence-corrected chi connectivity index (χ3v) is 6.45. The number of methoxy groups -OCH3 is 1. The summed E-state index contributed by atoms with van der Waals surface area (Å²) in [5.74, 6) is -1.42. The van der Waals surface area contributed by atoms with E-state index in [4.69, 9.17) is 14.2 Å². The largest absolute Gasteiger partial charge is 0.479 e. The lowest BCUT2D eigenvalue weighted by molar-refractivity contribution is -0.161. The van der Waals surface area contributed by atoms with Crippen LogP contribution in [0.3, 0.4) is 0 Å². The van der Waals surface area contributed by atoms with Crippen molar-refractivity contribution >= 4 is 18.0 Å². The van der Waals surface area contributed by atoms with Gasteiger partial charge in [-0.3, -0.25) is 4.79 Å². The average molecular weight is 469 g/mol. The van der Waals surface area contributed by atoms with Crippen molar-refractivity contribution in [2.45, 2.75) is 17.9 Å². The van der Waals surface area contributed by atoms with Gasteiger partial charge in [-0.15, -0.1) is 0 Å². The number of rotatable bonds is 9. The van der Waals surface area contributed by atoms with Gasteiger partial charge in [-0.25, -0.2) is 9.59 Å². The van der Waals surface area contributed by atoms with Crippen molar-refractivity contribution in [3.63, 3.8) is 0 Å². The van der Waals surface area contributed by atoms with Gasteiger partial charge in [-0.1, -0.05) is 48.5 Å². The van der Waals surface area contributed by atoms with Gasteiger partial charge < -0.3 is 29.5 Å². The predicted octanol–water partition coefficient (Wildman–Crippen LogP) is 2.24. The molecule has 2 amide bonds. The predicted molar refractivity (Wildman–Crippen MR) is 122 cm³/mol. The minimum atomic E-state index is -1.36. The van der Waals surface area contributed by atoms with Crippen LogP contribution in [0.5, 0.6) is 0 Å². The van der Waals surface area contributed by atoms with Crippen molar-refractivity contribution in [3.8, 4) is 11.1 Å². The highest BCUT2D eigenvalue weighted by Gasteiger charge is 2.46. The summed E-state index contributed by atoms with van der Waals surface area (Å²) in [7, 11) is 1.33. The Bertz CT molecular complexity index is 1030. The van der Waals surface area contributed by atoms with Crippen molar-refractivity contribution in [2.75, 3.05) is 46.6 Å². The van der Waals surface area contributed by atoms with Crippen molar-refractivity contribution in [1.29, 1.82) is 0 Å². The van der Waals surface area contributed by atoms with E-state index in [1.165, 1.54) is 12.0 Å². The van der Waals surface area contributed by atoms with Crippen LogP contribution in [0, 0.1) is 0 Å². The lowest BCUT2D eigenvalue weighted by Crippen LogP contribution is -2.45. The molecule has 4 rings (SSSR count). The number of fused-ring (bicyclic) bond motifs is 3. The Morgan fingerprint density at radius 2 is 1.74 bits per heavy atom. The number of carboxylic acid groups (broad SMARTS) is 1. The first-order chi connectivity index (χ1) is 16.4. The maximum absolute atomic E-state index is 12.3. The Hall–Kier alpha value is -3.43. The molecular formula is C25H28N2O7. The van der Waals surface area contributed by atoms with Crippen molar-refractivity contribution in [3.05, 3.63) is 59.7 Å². The molecule has 2 aromatic carbocycles. The number of aliphatic carboxylic acids is 1. The van der Waals surface area contributed by atoms with Crippen LogP contribution < -0.4 is 5.32 Å². The van der Waals surface area contributed by atoms with E-state index < -0.39 is 17.7 Å². The van der Waals surface area contributed by atoms with Gasteiger partial charge in [0, 0.05) is 32.5 Å². The molecule has 2 aromatic rings. The number of hydrogen-bond donors (Lipinski definition) is 2. The van der Waals surface area contributed by atoms with E-state index in [1.54, 1.807) is 0 Å². The van der Waals surface area contributed by atoms with E-state index in [1.807, 2.05) is 24.3 Å². The normalized spacial score (nSPS) is 18.9. The number of alkyl carbamates (subject to hydrolysis) is 1. The average Bonchev–Trinajstić information content (AvgIpc) is 3.43. The second-order valence-corrected chi connectivity index (χ2v) is 8.37. The Morgan fingerprint density at radius 3 is 2.32 bits per heavy atom. The third kappa shape index (κ3) is 4.76. The fourth-order valence-corrected chi connectivity index (χ4v) is 4.55. The highest BCUT2D eigenvalue weighted by Crippen LogP contribution is 2.44. The quantitative estimate of drug-likeness (QED) is 0.543. The molecule has 0 bridgehead atoms. The topological polar surface area (TPSA) is 114 Å². The summed E-state index contributed by atoms with van der Waals surface area (Å²) >= 11 is 0. The van der Waals surface area contributed by atoms with E-state index in [9.17, 15) is 19.5 Å². The fourth-order valence-electron chi connectivity index (χ4n) is 4.55. The van der Waals surface area contributed by atoms with Crippen molar-refractivity contribution in [2.24, 2.45) is 0 Å². The van der Waals surface area contributed by atoms with Gasteiger partial charge in [-0.05, 0) is 22.3 Å². The fraction of sp³-hybridized carbons (Fsp3) is 0.400. The van der Waals surface area contributed by atoms with Crippen LogP contribution in [0.15, 0.2) is 48.5 Å². The summed E-state index contributed by atoms with van der Waals surface area (Å²) < 4.78 is 15.9. The molecule has 1 unspecified atom stereocenters. The zero-order chi connectivity index (χ0) is 24.1. The second kappa shape index (κ2) is 10.2. The first-order valence-corrected chi connectivity index (χ1v) is 11.2. The molecule has 9 nitrogen and oxygen atoms in total. The number of nitrogens with zero attached hydrogens (tertiary/aromatic N) is 1. The zero-order valence-electron chi connectivity index (χ0n) is 19.0. The Kier molecular flexibility index (Phi) is 7.14. The Labute approximate surface area is 197 Å². The second-order valence-electron chi connectivity index (χ2n) is 8.37. The Morgan fingerprint density at radius 1 is 1.09 bits per heavy atom. The van der Waals surface area contributed by atoms with Crippen LogP contribution >= 0.6 is 0 Å². The maximum Gasteiger partial charge on any atom is 0.407 e. The molecule has 0 radical (unpaired) electrons. The summed E-state index contributed by atoms with van der Waals surface area (Å²) in [5.41, 5.74) is 3.24. The SMILES string of the molecule is COC1(C(=O)O)CCN(C(=O)COCCNC(=O)OCC2c3ccccc3-c3ccccc32)C1. The molecule has 9 heteroatoms. The summed E-state index contributed by atoms with van der Waals surface area (Å²) in [4.78, 5) is 37.2. The van der Waals surface area contributed by atoms with E-state index in [-0.39, 0.29) is 51.2 Å². The maximum atomic E-state index is 12.3. The molecule has 34 heavy (non-hydrogen) atoms. The third-order valence-electron chi connectivity index (χ3n) is 6.45. The van der Waals surface area contributed by atoms with Gasteiger partial charge >= 0.3 is 12.1 Å². The molecule has 2 N–H and O–H groups in total. The molecule has 0 saturated carbocycles. The van der Waals surface area contributed by atoms with Crippen LogP contribution in [0.4, 0.5) is 4.79 Å². The van der Waals surface area contributed by atoms with E-state index in [2.05, 4.69) is 29.6 Å². The number of hydrogen-bond acceptors (Lipinski definition) is 6. The number of carbonyl (C=O) groups is 3. The van der Waals surface area contributed by atoms with Crippen LogP contribution in [0.2, 0.25) is 0 Å². The standard InChI is InChI=1S/C25H28N2O7/c1-32-25(23(29)30)10-12-27(16-25)22(28)15-33-13-11-26-24(31)34-14-21-19-8-4-2-6-17(19)18-7-3-5-9-20(18)21/h2-9,21H,10-16H2,1H3,(H,26,31)(H,29,30). The van der Waals surface area contributed by atoms with Crippen LogP contribution in [0.25, 0.3) is 11.1 Å². The summed E-state index contributed by atoms with van der Waals surface area (Å²) in [5, 5.41) is 12.0. The van der Waals surface area contributed by atoms with Gasteiger partial charge in [0.05, 0.1) is 13.2 Å². The highest BCUT2D eigenvalue weighted by molar-refractivity contribution is 5.83. The number of likely N-dealkylation sites (tertiary alicyclic amines) is 1. The summed E-state index contributed by atoms with van der Waals surface area (Å²) in [6, 6.07) is 16.2. The number of carboxylic acids is 1. The van der Waals surface area contributed by atoms with E-state index in [0.717, 1.165) is 22.3 Å². The van der Waals surface area contributed by atoms with Crippen LogP contribution in [-0.2, 0) is 23.8 Å². The lowest BCUT2D eigenvalue weighted by atomic mass is 9.98. The van der Waals surface area contributed by atoms with Gasteiger partial charge in [-0.2, -0.15) is 0 Å². The molecule has 0 aromatic heterocycles. The number of amides is 2. The zero-order valence-corrected chi connectivity index (χ0v) is 19.0. The molecule has 1 aliphatic carbocycles. The molecule has 0 spiro atoms. The summed E-state index contributed by atoms with van der Waals surface area (Å²) in [6.07, 6.45) is -0.323. The summed E-state index contributed by atoms with van der Waals surface area (Å²) in [6.45, 7) is 0.601. The molecule has 1 heterocycles. The van der Waals surface area contributed by atoms with Gasteiger partial charge in [0.1, 0.15) is 13.2 Å². The van der Waals surface area contributed by atoms with Crippen molar-refractivity contribution in [1.82, 2.24) is 10.2 Å². The molecule has 1 aliphatic heterocycles. The number of ether oxygens (including phenoxy) is 3. The van der Waals surface area contributed by atoms with E-state index in [0.29, 0.717) is 6.54 Å². The molecule has 180 valence electrons. The minimum Gasteiger partial charge on any atom is -0.479 e. The van der Waals surface area contributed by atoms with Gasteiger partial charge in [0.2, 0.25) is 5.91 Å². The smallest absolute Gasteiger partial charge is 0.407 e.